The fourth-order valence-corrected chi connectivity index (χ4v) is 2.04. The third-order valence-electron chi connectivity index (χ3n) is 2.70. The summed E-state index contributed by atoms with van der Waals surface area (Å²) in [5.74, 6) is 0. The van der Waals surface area contributed by atoms with Gasteiger partial charge in [0.1, 0.15) is 0 Å². The highest BCUT2D eigenvalue weighted by atomic mass is 19.4. The smallest absolute Gasteiger partial charge is 0.391 e. The Bertz CT molecular complexity index is 183. The van der Waals surface area contributed by atoms with Crippen LogP contribution in [0.1, 0.15) is 26.2 Å². The quantitative estimate of drug-likeness (QED) is 0.769. The second-order valence-corrected chi connectivity index (χ2v) is 3.74. The zero-order valence-corrected chi connectivity index (χ0v) is 8.22. The van der Waals surface area contributed by atoms with Gasteiger partial charge in [0.2, 0.25) is 0 Å². The molecule has 0 spiro atoms. The maximum Gasteiger partial charge on any atom is 0.401 e. The van der Waals surface area contributed by atoms with Gasteiger partial charge in [0.05, 0.1) is 12.6 Å². The molecule has 1 N–H and O–H groups in total. The summed E-state index contributed by atoms with van der Waals surface area (Å²) in [6.07, 6.45) is -2.64. The van der Waals surface area contributed by atoms with Crippen molar-refractivity contribution in [2.24, 2.45) is 0 Å². The molecule has 0 amide bonds. The highest BCUT2D eigenvalue weighted by molar-refractivity contribution is 4.85. The summed E-state index contributed by atoms with van der Waals surface area (Å²) >= 11 is 0. The fourth-order valence-electron chi connectivity index (χ4n) is 2.04. The van der Waals surface area contributed by atoms with Gasteiger partial charge in [-0.3, -0.25) is 4.90 Å². The Labute approximate surface area is 81.7 Å². The van der Waals surface area contributed by atoms with Gasteiger partial charge in [-0.1, -0.05) is 6.92 Å². The van der Waals surface area contributed by atoms with Crippen molar-refractivity contribution in [1.29, 1.82) is 0 Å². The minimum Gasteiger partial charge on any atom is -0.391 e. The molecule has 2 atom stereocenters. The number of aliphatic hydroxyl groups is 1. The molecule has 0 saturated heterocycles. The average molecular weight is 211 g/mol. The van der Waals surface area contributed by atoms with Crippen molar-refractivity contribution in [1.82, 2.24) is 4.90 Å². The van der Waals surface area contributed by atoms with E-state index in [1.165, 1.54) is 4.90 Å². The van der Waals surface area contributed by atoms with Crippen LogP contribution in [0.4, 0.5) is 13.2 Å². The number of hydrogen-bond acceptors (Lipinski definition) is 2. The largest absolute Gasteiger partial charge is 0.401 e. The second-order valence-electron chi connectivity index (χ2n) is 3.74. The van der Waals surface area contributed by atoms with Crippen LogP contribution in [0, 0.1) is 0 Å². The first-order chi connectivity index (χ1) is 6.44. The van der Waals surface area contributed by atoms with Crippen LogP contribution in [-0.2, 0) is 0 Å². The molecule has 0 aromatic heterocycles. The molecule has 2 unspecified atom stereocenters. The first kappa shape index (κ1) is 11.8. The predicted octanol–water partition coefficient (Wildman–Crippen LogP) is 1.78. The molecule has 1 rings (SSSR count). The Morgan fingerprint density at radius 1 is 1.36 bits per heavy atom. The van der Waals surface area contributed by atoms with Crippen molar-refractivity contribution < 1.29 is 18.3 Å². The Morgan fingerprint density at radius 2 is 2.00 bits per heavy atom. The Morgan fingerprint density at radius 3 is 2.36 bits per heavy atom. The van der Waals surface area contributed by atoms with E-state index >= 15 is 0 Å². The summed E-state index contributed by atoms with van der Waals surface area (Å²) in [4.78, 5) is 1.32. The maximum absolute atomic E-state index is 12.1. The van der Waals surface area contributed by atoms with Crippen molar-refractivity contribution in [3.8, 4) is 0 Å². The number of halogens is 3. The summed E-state index contributed by atoms with van der Waals surface area (Å²) in [5, 5.41) is 9.48. The number of likely N-dealkylation sites (N-methyl/N-ethyl adjacent to an activating group) is 1. The molecule has 0 aliphatic heterocycles. The first-order valence-corrected chi connectivity index (χ1v) is 4.93. The molecular weight excluding hydrogens is 195 g/mol. The van der Waals surface area contributed by atoms with E-state index in [1.807, 2.05) is 0 Å². The van der Waals surface area contributed by atoms with Crippen LogP contribution >= 0.6 is 0 Å². The van der Waals surface area contributed by atoms with Crippen molar-refractivity contribution in [2.75, 3.05) is 13.1 Å². The Balaban J connectivity index is 2.53. The lowest BCUT2D eigenvalue weighted by molar-refractivity contribution is -0.153. The SMILES string of the molecule is CCN(CC(F)(F)F)C1CCCC1O. The van der Waals surface area contributed by atoms with E-state index in [-0.39, 0.29) is 6.04 Å². The zero-order valence-electron chi connectivity index (χ0n) is 8.22. The van der Waals surface area contributed by atoms with Crippen molar-refractivity contribution >= 4 is 0 Å². The van der Waals surface area contributed by atoms with Gasteiger partial charge in [0, 0.05) is 6.04 Å². The molecule has 14 heavy (non-hydrogen) atoms. The Kier molecular flexibility index (Phi) is 3.78. The lowest BCUT2D eigenvalue weighted by atomic mass is 10.2. The van der Waals surface area contributed by atoms with E-state index in [1.54, 1.807) is 6.92 Å². The summed E-state index contributed by atoms with van der Waals surface area (Å²) in [7, 11) is 0. The zero-order chi connectivity index (χ0) is 10.8. The minimum atomic E-state index is -4.17. The van der Waals surface area contributed by atoms with Gasteiger partial charge in [0.25, 0.3) is 0 Å². The molecule has 84 valence electrons. The van der Waals surface area contributed by atoms with Crippen LogP contribution in [0.3, 0.4) is 0 Å². The monoisotopic (exact) mass is 211 g/mol. The number of nitrogens with zero attached hydrogens (tertiary/aromatic N) is 1. The van der Waals surface area contributed by atoms with E-state index in [9.17, 15) is 18.3 Å². The molecule has 5 heteroatoms. The fraction of sp³-hybridized carbons (Fsp3) is 1.00. The number of alkyl halides is 3. The van der Waals surface area contributed by atoms with Gasteiger partial charge in [-0.15, -0.1) is 0 Å². The highest BCUT2D eigenvalue weighted by Gasteiger charge is 2.37. The van der Waals surface area contributed by atoms with Crippen LogP contribution < -0.4 is 0 Å². The predicted molar refractivity (Wildman–Crippen MR) is 46.9 cm³/mol. The third kappa shape index (κ3) is 3.13. The van der Waals surface area contributed by atoms with Crippen LogP contribution in [0.2, 0.25) is 0 Å². The molecule has 0 radical (unpaired) electrons. The van der Waals surface area contributed by atoms with E-state index in [0.29, 0.717) is 19.4 Å². The summed E-state index contributed by atoms with van der Waals surface area (Å²) in [5.41, 5.74) is 0. The maximum atomic E-state index is 12.1. The molecule has 1 saturated carbocycles. The summed E-state index contributed by atoms with van der Waals surface area (Å²) < 4.78 is 36.4. The van der Waals surface area contributed by atoms with Crippen LogP contribution in [0.25, 0.3) is 0 Å². The lowest BCUT2D eigenvalue weighted by Crippen LogP contribution is -2.45. The van der Waals surface area contributed by atoms with E-state index < -0.39 is 18.8 Å². The number of rotatable bonds is 3. The van der Waals surface area contributed by atoms with Gasteiger partial charge in [0.15, 0.2) is 0 Å². The van der Waals surface area contributed by atoms with Crippen molar-refractivity contribution in [3.05, 3.63) is 0 Å². The van der Waals surface area contributed by atoms with Crippen LogP contribution in [0.15, 0.2) is 0 Å². The normalized spacial score (nSPS) is 28.7. The molecule has 1 aliphatic carbocycles. The van der Waals surface area contributed by atoms with E-state index in [2.05, 4.69) is 0 Å². The van der Waals surface area contributed by atoms with E-state index in [4.69, 9.17) is 0 Å². The van der Waals surface area contributed by atoms with Crippen LogP contribution in [0.5, 0.6) is 0 Å². The van der Waals surface area contributed by atoms with Gasteiger partial charge in [-0.25, -0.2) is 0 Å². The van der Waals surface area contributed by atoms with Gasteiger partial charge < -0.3 is 5.11 Å². The van der Waals surface area contributed by atoms with Gasteiger partial charge >= 0.3 is 6.18 Å². The van der Waals surface area contributed by atoms with Gasteiger partial charge in [-0.05, 0) is 25.8 Å². The minimum absolute atomic E-state index is 0.304. The average Bonchev–Trinajstić information content (AvgIpc) is 2.45. The van der Waals surface area contributed by atoms with E-state index in [0.717, 1.165) is 6.42 Å². The summed E-state index contributed by atoms with van der Waals surface area (Å²) in [6.45, 7) is 1.11. The molecule has 1 aliphatic rings. The van der Waals surface area contributed by atoms with Crippen molar-refractivity contribution in [3.63, 3.8) is 0 Å². The molecule has 0 aromatic carbocycles. The third-order valence-corrected chi connectivity index (χ3v) is 2.70. The standard InChI is InChI=1S/C9H16F3NO/c1-2-13(6-9(10,11)12)7-4-3-5-8(7)14/h7-8,14H,2-6H2,1H3. The van der Waals surface area contributed by atoms with Gasteiger partial charge in [-0.2, -0.15) is 13.2 Å². The first-order valence-electron chi connectivity index (χ1n) is 4.93. The highest BCUT2D eigenvalue weighted by Crippen LogP contribution is 2.27. The lowest BCUT2D eigenvalue weighted by Gasteiger charge is -2.30. The molecule has 1 fully saturated rings. The molecule has 0 aromatic rings. The van der Waals surface area contributed by atoms with Crippen LogP contribution in [-0.4, -0.2) is 41.4 Å². The number of aliphatic hydroxyl groups excluding tert-OH is 1. The molecule has 2 nitrogen and oxygen atoms in total. The Hall–Kier alpha value is -0.290. The van der Waals surface area contributed by atoms with Crippen molar-refractivity contribution in [2.45, 2.75) is 44.5 Å². The second kappa shape index (κ2) is 4.49. The summed E-state index contributed by atoms with van der Waals surface area (Å²) in [6, 6.07) is -0.304. The molecule has 0 bridgehead atoms. The number of hydrogen-bond donors (Lipinski definition) is 1. The molecular formula is C9H16F3NO. The topological polar surface area (TPSA) is 23.5 Å². The molecule has 0 heterocycles.